The van der Waals surface area contributed by atoms with E-state index in [0.29, 0.717) is 11.5 Å². The molecule has 0 bridgehead atoms. The molecule has 0 aliphatic heterocycles. The van der Waals surface area contributed by atoms with Crippen LogP contribution in [0.15, 0.2) is 17.1 Å². The molecule has 0 unspecified atom stereocenters. The maximum absolute atomic E-state index is 9.88. The number of ether oxygens (including phenoxy) is 1. The summed E-state index contributed by atoms with van der Waals surface area (Å²) >= 11 is -0.826. The number of hydrogen-bond donors (Lipinski definition) is 1. The summed E-state index contributed by atoms with van der Waals surface area (Å²) in [4.78, 5) is 4.32. The Morgan fingerprint density at radius 1 is 1.40 bits per heavy atom. The average Bonchev–Trinajstić information content (AvgIpc) is 2.39. The third-order valence-corrected chi connectivity index (χ3v) is 2.61. The van der Waals surface area contributed by atoms with Crippen molar-refractivity contribution < 1.29 is 30.7 Å². The van der Waals surface area contributed by atoms with E-state index in [0.717, 1.165) is 24.3 Å². The molecule has 1 rings (SSSR count). The summed E-state index contributed by atoms with van der Waals surface area (Å²) in [5, 5.41) is 9.88. The quantitative estimate of drug-likeness (QED) is 0.741. The maximum atomic E-state index is 9.88. The van der Waals surface area contributed by atoms with Crippen LogP contribution in [0.2, 0.25) is 0 Å². The van der Waals surface area contributed by atoms with Crippen molar-refractivity contribution >= 4 is 23.2 Å². The van der Waals surface area contributed by atoms with Gasteiger partial charge >= 0.3 is 37.9 Å². The zero-order valence-electron chi connectivity index (χ0n) is 12.3. The molecule has 0 fully saturated rings. The first kappa shape index (κ1) is 20.0. The number of aryl methyl sites for hydroxylation is 1. The normalized spacial score (nSPS) is 10.3. The molecule has 0 saturated heterocycles. The summed E-state index contributed by atoms with van der Waals surface area (Å²) in [6, 6.07) is 3.60. The van der Waals surface area contributed by atoms with Gasteiger partial charge in [-0.05, 0) is 37.0 Å². The van der Waals surface area contributed by atoms with Crippen LogP contribution in [0.25, 0.3) is 0 Å². The molecule has 0 aliphatic carbocycles. The molecular weight excluding hydrogens is 376 g/mol. The summed E-state index contributed by atoms with van der Waals surface area (Å²) in [5.74, 6) is 1.66. The molecule has 0 saturated carbocycles. The second-order valence-electron chi connectivity index (χ2n) is 4.67. The Bertz CT molecular complexity index is 426. The van der Waals surface area contributed by atoms with Crippen LogP contribution in [0.5, 0.6) is 11.5 Å². The van der Waals surface area contributed by atoms with E-state index in [9.17, 15) is 5.11 Å². The molecule has 0 radical (unpaired) electrons. The summed E-state index contributed by atoms with van der Waals surface area (Å²) in [6.45, 7) is 6.97. The number of hydrogen-bond acceptors (Lipinski definition) is 3. The fraction of sp³-hybridized carbons (Fsp3) is 0.500. The van der Waals surface area contributed by atoms with Crippen LogP contribution in [0, 0.1) is 12.8 Å². The van der Waals surface area contributed by atoms with Crippen LogP contribution >= 0.6 is 17.0 Å². The zero-order valence-corrected chi connectivity index (χ0v) is 16.3. The number of benzene rings is 1. The van der Waals surface area contributed by atoms with Crippen molar-refractivity contribution in [2.75, 3.05) is 13.7 Å². The predicted molar refractivity (Wildman–Crippen MR) is 83.0 cm³/mol. The summed E-state index contributed by atoms with van der Waals surface area (Å²) in [6.07, 6.45) is 2.77. The molecule has 0 atom stereocenters. The number of aromatic hydroxyl groups is 1. The van der Waals surface area contributed by atoms with Gasteiger partial charge in [-0.1, -0.05) is 13.8 Å². The Hall–Kier alpha value is -0.0469. The Morgan fingerprint density at radius 2 is 2.00 bits per heavy atom. The van der Waals surface area contributed by atoms with Gasteiger partial charge in [-0.15, -0.1) is 0 Å². The Labute approximate surface area is 140 Å². The molecule has 112 valence electrons. The van der Waals surface area contributed by atoms with E-state index < -0.39 is 20.8 Å². The fourth-order valence-corrected chi connectivity index (χ4v) is 1.48. The first-order valence-corrected chi connectivity index (χ1v) is 12.6. The van der Waals surface area contributed by atoms with Gasteiger partial charge in [-0.25, -0.2) is 0 Å². The third kappa shape index (κ3) is 8.29. The van der Waals surface area contributed by atoms with Crippen LogP contribution in [-0.4, -0.2) is 25.0 Å². The minimum absolute atomic E-state index is 0.277. The monoisotopic (exact) mass is 395 g/mol. The van der Waals surface area contributed by atoms with E-state index in [4.69, 9.17) is 21.8 Å². The van der Waals surface area contributed by atoms with Crippen molar-refractivity contribution in [2.24, 2.45) is 10.9 Å². The van der Waals surface area contributed by atoms with Gasteiger partial charge in [0.25, 0.3) is 0 Å². The van der Waals surface area contributed by atoms with Crippen molar-refractivity contribution in [1.82, 2.24) is 0 Å². The minimum atomic E-state index is -0.826. The molecule has 1 N–H and O–H groups in total. The summed E-state index contributed by atoms with van der Waals surface area (Å²) in [7, 11) is 11.5. The SMILES string of the molecule is COc1cc(C)c(O)c(C=NCCC(C)C)c1.[Cl][Zr][Cl]. The van der Waals surface area contributed by atoms with Gasteiger partial charge in [-0.2, -0.15) is 0 Å². The van der Waals surface area contributed by atoms with Gasteiger partial charge in [0.15, 0.2) is 0 Å². The van der Waals surface area contributed by atoms with E-state index in [1.165, 1.54) is 0 Å². The molecule has 0 spiro atoms. The number of rotatable bonds is 5. The van der Waals surface area contributed by atoms with Crippen LogP contribution < -0.4 is 4.74 Å². The summed E-state index contributed by atoms with van der Waals surface area (Å²) in [5.41, 5.74) is 1.51. The molecule has 6 heteroatoms. The zero-order chi connectivity index (χ0) is 15.5. The van der Waals surface area contributed by atoms with Crippen molar-refractivity contribution in [3.05, 3.63) is 23.3 Å². The fourth-order valence-electron chi connectivity index (χ4n) is 1.48. The van der Waals surface area contributed by atoms with E-state index in [-0.39, 0.29) is 5.75 Å². The van der Waals surface area contributed by atoms with E-state index in [1.54, 1.807) is 25.5 Å². The molecule has 20 heavy (non-hydrogen) atoms. The summed E-state index contributed by atoms with van der Waals surface area (Å²) < 4.78 is 5.16. The molecule has 0 aromatic heterocycles. The number of phenols is 1. The molecule has 0 amide bonds. The van der Waals surface area contributed by atoms with E-state index >= 15 is 0 Å². The average molecular weight is 397 g/mol. The van der Waals surface area contributed by atoms with Crippen LogP contribution in [0.3, 0.4) is 0 Å². The Morgan fingerprint density at radius 3 is 2.50 bits per heavy atom. The second-order valence-corrected chi connectivity index (χ2v) is 8.40. The first-order valence-electron chi connectivity index (χ1n) is 6.29. The van der Waals surface area contributed by atoms with Gasteiger partial charge in [0.05, 0.1) is 7.11 Å². The third-order valence-electron chi connectivity index (χ3n) is 2.61. The van der Waals surface area contributed by atoms with Crippen molar-refractivity contribution in [3.8, 4) is 11.5 Å². The van der Waals surface area contributed by atoms with Crippen LogP contribution in [0.4, 0.5) is 0 Å². The second kappa shape index (κ2) is 11.6. The van der Waals surface area contributed by atoms with Gasteiger partial charge in [0, 0.05) is 18.3 Å². The van der Waals surface area contributed by atoms with Crippen LogP contribution in [0.1, 0.15) is 31.4 Å². The van der Waals surface area contributed by atoms with Crippen molar-refractivity contribution in [1.29, 1.82) is 0 Å². The molecule has 3 nitrogen and oxygen atoms in total. The van der Waals surface area contributed by atoms with Crippen LogP contribution in [-0.2, 0) is 20.8 Å². The Balaban J connectivity index is 0.00000110. The number of nitrogens with zero attached hydrogens (tertiary/aromatic N) is 1. The van der Waals surface area contributed by atoms with Gasteiger partial charge in [0.2, 0.25) is 0 Å². The van der Waals surface area contributed by atoms with Gasteiger partial charge < -0.3 is 9.84 Å². The molecule has 0 aliphatic rings. The standard InChI is InChI=1S/C14H21NO2.2ClH.Zr/c1-10(2)5-6-15-9-12-8-13(17-4)7-11(3)14(12)16;;;/h7-10,16H,5-6H2,1-4H3;2*1H;/q;;;+2/p-2. The number of methoxy groups -OCH3 is 1. The predicted octanol–water partition coefficient (Wildman–Crippen LogP) is 4.55. The molecule has 1 aromatic rings. The first-order chi connectivity index (χ1) is 9.46. The topological polar surface area (TPSA) is 41.8 Å². The Kier molecular flexibility index (Phi) is 11.6. The van der Waals surface area contributed by atoms with E-state index in [2.05, 4.69) is 18.8 Å². The van der Waals surface area contributed by atoms with E-state index in [1.807, 2.05) is 6.92 Å². The molecular formula is C14H21Cl2NO2Zr. The van der Waals surface area contributed by atoms with Gasteiger partial charge in [0.1, 0.15) is 11.5 Å². The van der Waals surface area contributed by atoms with Crippen molar-refractivity contribution in [3.63, 3.8) is 0 Å². The number of halogens is 2. The molecule has 0 heterocycles. The van der Waals surface area contributed by atoms with Gasteiger partial charge in [-0.3, -0.25) is 4.99 Å². The van der Waals surface area contributed by atoms with Crippen molar-refractivity contribution in [2.45, 2.75) is 27.2 Å². The number of aliphatic imine (C=N–C) groups is 1. The molecule has 1 aromatic carbocycles. The number of phenolic OH excluding ortho intramolecular Hbond substituents is 1.